The SMILES string of the molecule is CN(C)C1(C)CCC2C3CCC4=CC(=O)CCC4(C)C3CCC21C. The monoisotopic (exact) mass is 329 g/mol. The Balaban J connectivity index is 1.69. The minimum absolute atomic E-state index is 0.315. The molecule has 0 spiro atoms. The van der Waals surface area contributed by atoms with Gasteiger partial charge in [0.15, 0.2) is 5.78 Å². The largest absolute Gasteiger partial charge is 0.303 e. The molecular weight excluding hydrogens is 294 g/mol. The summed E-state index contributed by atoms with van der Waals surface area (Å²) >= 11 is 0. The van der Waals surface area contributed by atoms with E-state index in [2.05, 4.69) is 39.8 Å². The lowest BCUT2D eigenvalue weighted by Gasteiger charge is -2.60. The van der Waals surface area contributed by atoms with E-state index in [1.165, 1.54) is 44.1 Å². The molecule has 0 aromatic heterocycles. The van der Waals surface area contributed by atoms with Crippen molar-refractivity contribution in [2.45, 2.75) is 77.7 Å². The van der Waals surface area contributed by atoms with Crippen molar-refractivity contribution in [1.29, 1.82) is 0 Å². The van der Waals surface area contributed by atoms with Gasteiger partial charge in [-0.3, -0.25) is 4.79 Å². The molecule has 2 heteroatoms. The number of carbonyl (C=O) groups excluding carboxylic acids is 1. The highest BCUT2D eigenvalue weighted by atomic mass is 16.1. The predicted octanol–water partition coefficient (Wildman–Crippen LogP) is 4.84. The maximum atomic E-state index is 11.9. The van der Waals surface area contributed by atoms with Gasteiger partial charge in [0.2, 0.25) is 0 Å². The maximum Gasteiger partial charge on any atom is 0.155 e. The summed E-state index contributed by atoms with van der Waals surface area (Å²) in [5, 5.41) is 0. The number of allylic oxidation sites excluding steroid dienone is 1. The summed E-state index contributed by atoms with van der Waals surface area (Å²) in [5.74, 6) is 2.94. The first-order chi connectivity index (χ1) is 11.2. The molecular formula is C22H35NO. The molecule has 134 valence electrons. The molecule has 3 fully saturated rings. The molecule has 24 heavy (non-hydrogen) atoms. The van der Waals surface area contributed by atoms with Crippen molar-refractivity contribution in [2.75, 3.05) is 14.1 Å². The van der Waals surface area contributed by atoms with E-state index >= 15 is 0 Å². The summed E-state index contributed by atoms with van der Waals surface area (Å²) in [5.41, 5.74) is 2.62. The minimum Gasteiger partial charge on any atom is -0.303 e. The van der Waals surface area contributed by atoms with E-state index in [0.29, 0.717) is 22.2 Å². The number of carbonyl (C=O) groups is 1. The second kappa shape index (κ2) is 5.19. The van der Waals surface area contributed by atoms with Gasteiger partial charge in [-0.05, 0) is 101 Å². The zero-order chi connectivity index (χ0) is 17.3. The fourth-order valence-electron chi connectivity index (χ4n) is 7.54. The fraction of sp³-hybridized carbons (Fsp3) is 0.864. The van der Waals surface area contributed by atoms with E-state index in [9.17, 15) is 4.79 Å². The Morgan fingerprint density at radius 1 is 0.958 bits per heavy atom. The number of rotatable bonds is 1. The number of hydrogen-bond acceptors (Lipinski definition) is 2. The van der Waals surface area contributed by atoms with Gasteiger partial charge in [-0.25, -0.2) is 0 Å². The molecule has 4 aliphatic carbocycles. The van der Waals surface area contributed by atoms with Crippen molar-refractivity contribution in [3.63, 3.8) is 0 Å². The Morgan fingerprint density at radius 2 is 1.67 bits per heavy atom. The summed E-state index contributed by atoms with van der Waals surface area (Å²) in [7, 11) is 4.57. The van der Waals surface area contributed by atoms with Crippen LogP contribution in [0, 0.1) is 28.6 Å². The summed E-state index contributed by atoms with van der Waals surface area (Å²) < 4.78 is 0. The number of ketones is 1. The van der Waals surface area contributed by atoms with E-state index in [4.69, 9.17) is 0 Å². The normalized spacial score (nSPS) is 51.0. The van der Waals surface area contributed by atoms with Crippen LogP contribution in [-0.4, -0.2) is 30.3 Å². The molecule has 0 bridgehead atoms. The second-order valence-electron chi connectivity index (χ2n) is 10.1. The zero-order valence-corrected chi connectivity index (χ0v) is 16.3. The first-order valence-corrected chi connectivity index (χ1v) is 10.1. The van der Waals surface area contributed by atoms with E-state index in [-0.39, 0.29) is 0 Å². The molecule has 0 saturated heterocycles. The Hall–Kier alpha value is -0.630. The molecule has 4 rings (SSSR count). The minimum atomic E-state index is 0.315. The third-order valence-corrected chi connectivity index (χ3v) is 9.51. The van der Waals surface area contributed by atoms with Crippen molar-refractivity contribution >= 4 is 5.78 Å². The van der Waals surface area contributed by atoms with Gasteiger partial charge in [0, 0.05) is 12.0 Å². The molecule has 0 heterocycles. The molecule has 0 radical (unpaired) electrons. The molecule has 3 saturated carbocycles. The van der Waals surface area contributed by atoms with E-state index in [0.717, 1.165) is 30.6 Å². The average molecular weight is 330 g/mol. The van der Waals surface area contributed by atoms with Crippen LogP contribution in [0.3, 0.4) is 0 Å². The molecule has 0 aliphatic heterocycles. The molecule has 0 N–H and O–H groups in total. The first-order valence-electron chi connectivity index (χ1n) is 10.1. The van der Waals surface area contributed by atoms with E-state index < -0.39 is 0 Å². The van der Waals surface area contributed by atoms with Gasteiger partial charge in [-0.15, -0.1) is 0 Å². The standard InChI is InChI=1S/C22H35NO/c1-20-11-8-16(24)14-15(20)6-7-17-18(20)9-12-21(2)19(17)10-13-22(21,3)23(4)5/h14,17-19H,6-13H2,1-5H3. The van der Waals surface area contributed by atoms with E-state index in [1.807, 2.05) is 6.08 Å². The van der Waals surface area contributed by atoms with Gasteiger partial charge >= 0.3 is 0 Å². The predicted molar refractivity (Wildman–Crippen MR) is 98.8 cm³/mol. The third-order valence-electron chi connectivity index (χ3n) is 9.51. The lowest BCUT2D eigenvalue weighted by molar-refractivity contribution is -0.118. The lowest BCUT2D eigenvalue weighted by Crippen LogP contribution is -2.58. The van der Waals surface area contributed by atoms with Crippen LogP contribution in [0.15, 0.2) is 11.6 Å². The highest BCUT2D eigenvalue weighted by Gasteiger charge is 2.63. The second-order valence-corrected chi connectivity index (χ2v) is 10.1. The Kier molecular flexibility index (Phi) is 3.64. The molecule has 2 nitrogen and oxygen atoms in total. The maximum absolute atomic E-state index is 11.9. The van der Waals surface area contributed by atoms with Crippen molar-refractivity contribution in [3.05, 3.63) is 11.6 Å². The Morgan fingerprint density at radius 3 is 2.38 bits per heavy atom. The van der Waals surface area contributed by atoms with Crippen LogP contribution in [-0.2, 0) is 4.79 Å². The summed E-state index contributed by atoms with van der Waals surface area (Å²) in [6, 6.07) is 0. The van der Waals surface area contributed by atoms with E-state index in [1.54, 1.807) is 0 Å². The van der Waals surface area contributed by atoms with Gasteiger partial charge in [-0.2, -0.15) is 0 Å². The Labute approximate surface area is 148 Å². The molecule has 6 atom stereocenters. The summed E-state index contributed by atoms with van der Waals surface area (Å²) in [4.78, 5) is 14.4. The summed E-state index contributed by atoms with van der Waals surface area (Å²) in [6.07, 6.45) is 11.9. The molecule has 4 aliphatic rings. The van der Waals surface area contributed by atoms with Crippen LogP contribution in [0.1, 0.15) is 72.1 Å². The summed E-state index contributed by atoms with van der Waals surface area (Å²) in [6.45, 7) is 7.60. The average Bonchev–Trinajstić information content (AvgIpc) is 2.81. The number of fused-ring (bicyclic) bond motifs is 5. The number of nitrogens with zero attached hydrogens (tertiary/aromatic N) is 1. The van der Waals surface area contributed by atoms with Crippen molar-refractivity contribution in [3.8, 4) is 0 Å². The van der Waals surface area contributed by atoms with Crippen LogP contribution in [0.25, 0.3) is 0 Å². The topological polar surface area (TPSA) is 20.3 Å². The van der Waals surface area contributed by atoms with Gasteiger partial charge in [0.1, 0.15) is 0 Å². The number of hydrogen-bond donors (Lipinski definition) is 0. The van der Waals surface area contributed by atoms with Crippen LogP contribution in [0.5, 0.6) is 0 Å². The van der Waals surface area contributed by atoms with Crippen LogP contribution in [0.2, 0.25) is 0 Å². The highest BCUT2D eigenvalue weighted by molar-refractivity contribution is 5.91. The highest BCUT2D eigenvalue weighted by Crippen LogP contribution is 2.68. The third kappa shape index (κ3) is 1.95. The van der Waals surface area contributed by atoms with Gasteiger partial charge in [0.05, 0.1) is 0 Å². The van der Waals surface area contributed by atoms with Gasteiger partial charge in [0.25, 0.3) is 0 Å². The van der Waals surface area contributed by atoms with Gasteiger partial charge < -0.3 is 4.90 Å². The quantitative estimate of drug-likeness (QED) is 0.686. The fourth-order valence-corrected chi connectivity index (χ4v) is 7.54. The van der Waals surface area contributed by atoms with Crippen molar-refractivity contribution in [1.82, 2.24) is 4.90 Å². The smallest absolute Gasteiger partial charge is 0.155 e. The molecule has 0 aromatic rings. The Bertz CT molecular complexity index is 593. The molecule has 0 amide bonds. The van der Waals surface area contributed by atoms with Crippen LogP contribution in [0.4, 0.5) is 0 Å². The van der Waals surface area contributed by atoms with Crippen molar-refractivity contribution in [2.24, 2.45) is 28.6 Å². The van der Waals surface area contributed by atoms with Crippen LogP contribution >= 0.6 is 0 Å². The first kappa shape index (κ1) is 16.8. The molecule has 0 aromatic carbocycles. The zero-order valence-electron chi connectivity index (χ0n) is 16.3. The van der Waals surface area contributed by atoms with Crippen LogP contribution < -0.4 is 0 Å². The lowest BCUT2D eigenvalue weighted by atomic mass is 9.46. The van der Waals surface area contributed by atoms with Gasteiger partial charge in [-0.1, -0.05) is 19.4 Å². The van der Waals surface area contributed by atoms with Crippen molar-refractivity contribution < 1.29 is 4.79 Å². The molecule has 6 unspecified atom stereocenters.